The molecule has 27 heavy (non-hydrogen) atoms. The smallest absolute Gasteiger partial charge is 0.258 e. The van der Waals surface area contributed by atoms with Crippen LogP contribution in [0.3, 0.4) is 0 Å². The number of sulfonamides is 1. The summed E-state index contributed by atoms with van der Waals surface area (Å²) in [5.41, 5.74) is 3.95. The molecule has 0 saturated heterocycles. The van der Waals surface area contributed by atoms with Crippen LogP contribution < -0.4 is 10.1 Å². The monoisotopic (exact) mass is 407 g/mol. The van der Waals surface area contributed by atoms with E-state index in [0.717, 1.165) is 5.56 Å². The van der Waals surface area contributed by atoms with Gasteiger partial charge in [-0.25, -0.2) is 13.8 Å². The Balaban J connectivity index is 2.11. The fourth-order valence-electron chi connectivity index (χ4n) is 2.26. The van der Waals surface area contributed by atoms with Gasteiger partial charge in [0.2, 0.25) is 10.0 Å². The van der Waals surface area contributed by atoms with Gasteiger partial charge < -0.3 is 0 Å². The van der Waals surface area contributed by atoms with Crippen molar-refractivity contribution >= 4 is 33.7 Å². The van der Waals surface area contributed by atoms with Crippen LogP contribution in [0, 0.1) is 12.8 Å². The van der Waals surface area contributed by atoms with Gasteiger partial charge in [-0.15, -0.1) is 0 Å². The van der Waals surface area contributed by atoms with Crippen molar-refractivity contribution in [3.63, 3.8) is 0 Å². The van der Waals surface area contributed by atoms with Gasteiger partial charge in [-0.05, 0) is 31.0 Å². The summed E-state index contributed by atoms with van der Waals surface area (Å²) in [6, 6.07) is 12.5. The molecule has 2 N–H and O–H groups in total. The lowest BCUT2D eigenvalue weighted by atomic mass is 10.1. The van der Waals surface area contributed by atoms with Crippen molar-refractivity contribution in [1.82, 2.24) is 10.1 Å². The maximum atomic E-state index is 12.6. The Labute approximate surface area is 164 Å². The molecule has 2 rings (SSSR count). The minimum absolute atomic E-state index is 0.103. The highest BCUT2D eigenvalue weighted by molar-refractivity contribution is 7.89. The summed E-state index contributed by atoms with van der Waals surface area (Å²) in [6.45, 7) is 5.37. The SMILES string of the molecule is Cc1ccc(S(=O)(=O)N[C@@H](C(=O)N/N=C\c2ccccc2Cl)C(C)C)cc1. The number of hydrogen-bond donors (Lipinski definition) is 2. The van der Waals surface area contributed by atoms with Crippen LogP contribution >= 0.6 is 11.6 Å². The summed E-state index contributed by atoms with van der Waals surface area (Å²) in [5, 5.41) is 4.37. The van der Waals surface area contributed by atoms with E-state index in [1.165, 1.54) is 18.3 Å². The first kappa shape index (κ1) is 21.1. The van der Waals surface area contributed by atoms with Crippen LogP contribution in [0.4, 0.5) is 0 Å². The highest BCUT2D eigenvalue weighted by atomic mass is 35.5. The number of carbonyl (C=O) groups is 1. The fraction of sp³-hybridized carbons (Fsp3) is 0.263. The van der Waals surface area contributed by atoms with Crippen molar-refractivity contribution in [1.29, 1.82) is 0 Å². The van der Waals surface area contributed by atoms with Gasteiger partial charge in [0.05, 0.1) is 11.1 Å². The lowest BCUT2D eigenvalue weighted by Crippen LogP contribution is -2.48. The average molecular weight is 408 g/mol. The third-order valence-electron chi connectivity index (χ3n) is 3.85. The first-order valence-electron chi connectivity index (χ1n) is 8.37. The van der Waals surface area contributed by atoms with E-state index < -0.39 is 22.0 Å². The molecule has 0 aliphatic rings. The molecular formula is C19H22ClN3O3S. The summed E-state index contributed by atoms with van der Waals surface area (Å²) in [4.78, 5) is 12.5. The van der Waals surface area contributed by atoms with Crippen LogP contribution in [-0.2, 0) is 14.8 Å². The Morgan fingerprint density at radius 1 is 1.11 bits per heavy atom. The van der Waals surface area contributed by atoms with Gasteiger partial charge in [0.25, 0.3) is 5.91 Å². The van der Waals surface area contributed by atoms with Crippen molar-refractivity contribution in [3.05, 3.63) is 64.7 Å². The third-order valence-corrected chi connectivity index (χ3v) is 5.65. The van der Waals surface area contributed by atoms with Crippen molar-refractivity contribution < 1.29 is 13.2 Å². The number of halogens is 1. The molecule has 6 nitrogen and oxygen atoms in total. The molecule has 1 amide bonds. The zero-order valence-corrected chi connectivity index (χ0v) is 16.9. The molecule has 8 heteroatoms. The molecule has 0 aromatic heterocycles. The van der Waals surface area contributed by atoms with E-state index in [-0.39, 0.29) is 10.8 Å². The van der Waals surface area contributed by atoms with Gasteiger partial charge in [-0.3, -0.25) is 4.79 Å². The quantitative estimate of drug-likeness (QED) is 0.546. The summed E-state index contributed by atoms with van der Waals surface area (Å²) in [5.74, 6) is -0.829. The van der Waals surface area contributed by atoms with E-state index in [0.29, 0.717) is 10.6 Å². The highest BCUT2D eigenvalue weighted by Gasteiger charge is 2.28. The Kier molecular flexibility index (Phi) is 7.12. The topological polar surface area (TPSA) is 87.6 Å². The van der Waals surface area contributed by atoms with Crippen molar-refractivity contribution in [2.24, 2.45) is 11.0 Å². The lowest BCUT2D eigenvalue weighted by Gasteiger charge is -2.20. The molecule has 0 fully saturated rings. The van der Waals surface area contributed by atoms with Crippen molar-refractivity contribution in [2.45, 2.75) is 31.7 Å². The molecule has 144 valence electrons. The third kappa shape index (κ3) is 5.89. The number of nitrogens with zero attached hydrogens (tertiary/aromatic N) is 1. The fourth-order valence-corrected chi connectivity index (χ4v) is 3.79. The zero-order valence-electron chi connectivity index (χ0n) is 15.3. The van der Waals surface area contributed by atoms with Crippen LogP contribution in [0.5, 0.6) is 0 Å². The minimum atomic E-state index is -3.83. The summed E-state index contributed by atoms with van der Waals surface area (Å²) in [7, 11) is -3.83. The van der Waals surface area contributed by atoms with Crippen LogP contribution in [0.15, 0.2) is 58.5 Å². The lowest BCUT2D eigenvalue weighted by molar-refractivity contribution is -0.123. The van der Waals surface area contributed by atoms with Crippen LogP contribution in [0.25, 0.3) is 0 Å². The first-order chi connectivity index (χ1) is 12.7. The number of rotatable bonds is 7. The van der Waals surface area contributed by atoms with Gasteiger partial charge in [0.1, 0.15) is 6.04 Å². The standard InChI is InChI=1S/C19H22ClN3O3S/c1-13(2)18(23-27(25,26)16-10-8-14(3)9-11-16)19(24)22-21-12-15-6-4-5-7-17(15)20/h4-13,18,23H,1-3H3,(H,22,24)/b21-12-/t18-/m1/s1. The predicted molar refractivity (Wildman–Crippen MR) is 107 cm³/mol. The second-order valence-electron chi connectivity index (χ2n) is 6.41. The van der Waals surface area contributed by atoms with E-state index in [1.54, 1.807) is 50.2 Å². The average Bonchev–Trinajstić information content (AvgIpc) is 2.61. The van der Waals surface area contributed by atoms with E-state index in [2.05, 4.69) is 15.2 Å². The number of nitrogens with one attached hydrogen (secondary N) is 2. The molecule has 0 bridgehead atoms. The summed E-state index contributed by atoms with van der Waals surface area (Å²) < 4.78 is 27.6. The molecule has 2 aromatic rings. The second-order valence-corrected chi connectivity index (χ2v) is 8.53. The maximum Gasteiger partial charge on any atom is 0.258 e. The molecule has 0 aliphatic heterocycles. The molecule has 0 aliphatic carbocycles. The van der Waals surface area contributed by atoms with Crippen LogP contribution in [0.2, 0.25) is 5.02 Å². The van der Waals surface area contributed by atoms with Gasteiger partial charge in [-0.2, -0.15) is 9.82 Å². The van der Waals surface area contributed by atoms with E-state index in [9.17, 15) is 13.2 Å². The van der Waals surface area contributed by atoms with Gasteiger partial charge >= 0.3 is 0 Å². The zero-order chi connectivity index (χ0) is 20.0. The van der Waals surface area contributed by atoms with Gasteiger partial charge in [-0.1, -0.05) is 61.3 Å². The number of benzene rings is 2. The molecule has 0 saturated carbocycles. The molecule has 0 heterocycles. The Morgan fingerprint density at radius 3 is 2.33 bits per heavy atom. The van der Waals surface area contributed by atoms with Crippen LogP contribution in [-0.4, -0.2) is 26.6 Å². The Hall–Kier alpha value is -2.22. The molecular weight excluding hydrogens is 386 g/mol. The van der Waals surface area contributed by atoms with E-state index >= 15 is 0 Å². The van der Waals surface area contributed by atoms with Gasteiger partial charge in [0, 0.05) is 10.6 Å². The van der Waals surface area contributed by atoms with Gasteiger partial charge in [0.15, 0.2) is 0 Å². The van der Waals surface area contributed by atoms with E-state index in [1.807, 2.05) is 6.92 Å². The Morgan fingerprint density at radius 2 is 1.74 bits per heavy atom. The predicted octanol–water partition coefficient (Wildman–Crippen LogP) is 3.10. The molecule has 0 radical (unpaired) electrons. The molecule has 1 atom stereocenters. The highest BCUT2D eigenvalue weighted by Crippen LogP contribution is 2.14. The molecule has 0 spiro atoms. The number of carbonyl (C=O) groups excluding carboxylic acids is 1. The summed E-state index contributed by atoms with van der Waals surface area (Å²) in [6.07, 6.45) is 1.41. The maximum absolute atomic E-state index is 12.6. The molecule has 0 unspecified atom stereocenters. The van der Waals surface area contributed by atoms with Crippen molar-refractivity contribution in [2.75, 3.05) is 0 Å². The molecule has 2 aromatic carbocycles. The first-order valence-corrected chi connectivity index (χ1v) is 10.2. The van der Waals surface area contributed by atoms with Crippen molar-refractivity contribution in [3.8, 4) is 0 Å². The minimum Gasteiger partial charge on any atom is -0.271 e. The van der Waals surface area contributed by atoms with E-state index in [4.69, 9.17) is 11.6 Å². The number of hydrogen-bond acceptors (Lipinski definition) is 4. The van der Waals surface area contributed by atoms with Crippen LogP contribution in [0.1, 0.15) is 25.0 Å². The Bertz CT molecular complexity index is 925. The normalized spacial score (nSPS) is 13.1. The number of hydrazone groups is 1. The largest absolute Gasteiger partial charge is 0.271 e. The second kappa shape index (κ2) is 9.12. The number of aryl methyl sites for hydroxylation is 1. The summed E-state index contributed by atoms with van der Waals surface area (Å²) >= 11 is 6.02. The number of amides is 1.